The summed E-state index contributed by atoms with van der Waals surface area (Å²) in [5.41, 5.74) is 6.76. The highest BCUT2D eigenvalue weighted by Gasteiger charge is 2.20. The Hall–Kier alpha value is -1.95. The van der Waals surface area contributed by atoms with Gasteiger partial charge in [0, 0.05) is 37.9 Å². The summed E-state index contributed by atoms with van der Waals surface area (Å²) in [6.07, 6.45) is 4.43. The molecular formula is C17H25N3O3. The maximum absolute atomic E-state index is 5.91. The molecule has 0 saturated heterocycles. The molecule has 0 spiro atoms. The Bertz CT molecular complexity index is 544. The third-order valence-corrected chi connectivity index (χ3v) is 3.80. The monoisotopic (exact) mass is 319 g/mol. The van der Waals surface area contributed by atoms with Crippen molar-refractivity contribution >= 4 is 11.6 Å². The van der Waals surface area contributed by atoms with Gasteiger partial charge in [-0.3, -0.25) is 4.99 Å². The van der Waals surface area contributed by atoms with Crippen LogP contribution in [0.15, 0.2) is 23.2 Å². The Balaban J connectivity index is 1.42. The van der Waals surface area contributed by atoms with Crippen LogP contribution in [0, 0.1) is 5.92 Å². The van der Waals surface area contributed by atoms with E-state index in [2.05, 4.69) is 10.3 Å². The number of aliphatic imine (C=N–C) groups is 1. The van der Waals surface area contributed by atoms with Gasteiger partial charge in [0.2, 0.25) is 0 Å². The Morgan fingerprint density at radius 3 is 2.91 bits per heavy atom. The molecule has 0 amide bonds. The molecular weight excluding hydrogens is 294 g/mol. The number of nitrogens with one attached hydrogen (secondary N) is 1. The zero-order valence-corrected chi connectivity index (χ0v) is 13.4. The summed E-state index contributed by atoms with van der Waals surface area (Å²) in [5.74, 6) is 2.73. The summed E-state index contributed by atoms with van der Waals surface area (Å²) in [5, 5.41) is 3.08. The molecule has 2 aliphatic rings. The maximum atomic E-state index is 5.91. The number of nitrogens with two attached hydrogens (primary N) is 1. The van der Waals surface area contributed by atoms with Crippen molar-refractivity contribution in [3.63, 3.8) is 0 Å². The first kappa shape index (κ1) is 15.9. The fraction of sp³-hybridized carbons (Fsp3) is 0.588. The van der Waals surface area contributed by atoms with E-state index in [-0.39, 0.29) is 0 Å². The zero-order valence-electron chi connectivity index (χ0n) is 13.4. The number of hydrogen-bond donors (Lipinski definition) is 2. The van der Waals surface area contributed by atoms with Crippen molar-refractivity contribution in [2.75, 3.05) is 38.3 Å². The number of rotatable bonds is 7. The van der Waals surface area contributed by atoms with Crippen LogP contribution < -0.4 is 20.5 Å². The van der Waals surface area contributed by atoms with E-state index in [0.29, 0.717) is 25.7 Å². The molecule has 1 aromatic carbocycles. The van der Waals surface area contributed by atoms with Gasteiger partial charge in [0.05, 0.1) is 13.2 Å². The predicted molar refractivity (Wildman–Crippen MR) is 90.3 cm³/mol. The Kier molecular flexibility index (Phi) is 5.58. The fourth-order valence-electron chi connectivity index (χ4n) is 2.33. The van der Waals surface area contributed by atoms with E-state index in [1.54, 1.807) is 0 Å². The number of benzene rings is 1. The van der Waals surface area contributed by atoms with E-state index >= 15 is 0 Å². The molecule has 1 saturated carbocycles. The van der Waals surface area contributed by atoms with Gasteiger partial charge < -0.3 is 25.3 Å². The van der Waals surface area contributed by atoms with E-state index in [1.165, 1.54) is 12.8 Å². The van der Waals surface area contributed by atoms with Crippen LogP contribution in [0.5, 0.6) is 11.5 Å². The molecule has 0 bridgehead atoms. The maximum Gasteiger partial charge on any atom is 0.193 e. The molecule has 1 aliphatic heterocycles. The van der Waals surface area contributed by atoms with E-state index in [9.17, 15) is 0 Å². The summed E-state index contributed by atoms with van der Waals surface area (Å²) in [6.45, 7) is 3.66. The lowest BCUT2D eigenvalue weighted by Gasteiger charge is -2.10. The lowest BCUT2D eigenvalue weighted by Crippen LogP contribution is -2.23. The molecule has 0 aromatic heterocycles. The molecule has 1 fully saturated rings. The van der Waals surface area contributed by atoms with E-state index in [0.717, 1.165) is 49.2 Å². The number of fused-ring (bicyclic) bond motifs is 1. The highest BCUT2D eigenvalue weighted by Crippen LogP contribution is 2.32. The van der Waals surface area contributed by atoms with Gasteiger partial charge in [0.1, 0.15) is 0 Å². The van der Waals surface area contributed by atoms with Gasteiger partial charge in [-0.1, -0.05) is 0 Å². The van der Waals surface area contributed by atoms with Crippen LogP contribution in [-0.4, -0.2) is 38.9 Å². The minimum Gasteiger partial charge on any atom is -0.490 e. The highest BCUT2D eigenvalue weighted by atomic mass is 16.5. The Morgan fingerprint density at radius 2 is 2.09 bits per heavy atom. The molecule has 0 atom stereocenters. The van der Waals surface area contributed by atoms with Crippen molar-refractivity contribution in [1.82, 2.24) is 0 Å². The molecule has 1 aromatic rings. The second kappa shape index (κ2) is 8.06. The second-order valence-electron chi connectivity index (χ2n) is 5.98. The summed E-state index contributed by atoms with van der Waals surface area (Å²) in [6, 6.07) is 5.69. The molecule has 1 aliphatic carbocycles. The summed E-state index contributed by atoms with van der Waals surface area (Å²) >= 11 is 0. The van der Waals surface area contributed by atoms with Gasteiger partial charge in [0.15, 0.2) is 17.5 Å². The minimum atomic E-state index is 0.404. The van der Waals surface area contributed by atoms with Crippen LogP contribution in [0.3, 0.4) is 0 Å². The van der Waals surface area contributed by atoms with Gasteiger partial charge in [-0.05, 0) is 37.3 Å². The number of nitrogens with zero attached hydrogens (tertiary/aromatic N) is 1. The summed E-state index contributed by atoms with van der Waals surface area (Å²) < 4.78 is 16.8. The first-order chi connectivity index (χ1) is 11.3. The molecule has 23 heavy (non-hydrogen) atoms. The molecule has 6 nitrogen and oxygen atoms in total. The standard InChI is InChI=1S/C17H25N3O3/c18-17(19-7-1-8-21-12-13-3-4-13)20-14-5-6-15-16(11-14)23-10-2-9-22-15/h5-6,11,13H,1-4,7-10,12H2,(H3,18,19,20). The SMILES string of the molecule is NC(=NCCCOCC1CC1)Nc1ccc2c(c1)OCCCO2. The molecule has 3 rings (SSSR count). The van der Waals surface area contributed by atoms with Gasteiger partial charge >= 0.3 is 0 Å². The number of anilines is 1. The quantitative estimate of drug-likeness (QED) is 0.458. The molecule has 0 unspecified atom stereocenters. The number of guanidine groups is 1. The summed E-state index contributed by atoms with van der Waals surface area (Å²) in [4.78, 5) is 4.31. The largest absolute Gasteiger partial charge is 0.490 e. The lowest BCUT2D eigenvalue weighted by molar-refractivity contribution is 0.123. The van der Waals surface area contributed by atoms with Crippen LogP contribution in [-0.2, 0) is 4.74 Å². The smallest absolute Gasteiger partial charge is 0.193 e. The second-order valence-corrected chi connectivity index (χ2v) is 5.98. The van der Waals surface area contributed by atoms with Crippen molar-refractivity contribution in [3.05, 3.63) is 18.2 Å². The molecule has 6 heteroatoms. The average molecular weight is 319 g/mol. The van der Waals surface area contributed by atoms with E-state index in [4.69, 9.17) is 19.9 Å². The first-order valence-electron chi connectivity index (χ1n) is 8.35. The molecule has 3 N–H and O–H groups in total. The van der Waals surface area contributed by atoms with Gasteiger partial charge in [-0.25, -0.2) is 0 Å². The summed E-state index contributed by atoms with van der Waals surface area (Å²) in [7, 11) is 0. The zero-order chi connectivity index (χ0) is 15.9. The Morgan fingerprint density at radius 1 is 1.26 bits per heavy atom. The van der Waals surface area contributed by atoms with E-state index in [1.807, 2.05) is 18.2 Å². The normalized spacial score (nSPS) is 17.7. The fourth-order valence-corrected chi connectivity index (χ4v) is 2.33. The third kappa shape index (κ3) is 5.32. The number of hydrogen-bond acceptors (Lipinski definition) is 4. The van der Waals surface area contributed by atoms with Gasteiger partial charge in [-0.15, -0.1) is 0 Å². The first-order valence-corrected chi connectivity index (χ1v) is 8.35. The topological polar surface area (TPSA) is 78.1 Å². The van der Waals surface area contributed by atoms with Crippen molar-refractivity contribution in [2.24, 2.45) is 16.6 Å². The van der Waals surface area contributed by atoms with Crippen LogP contribution in [0.2, 0.25) is 0 Å². The van der Waals surface area contributed by atoms with Crippen molar-refractivity contribution in [3.8, 4) is 11.5 Å². The van der Waals surface area contributed by atoms with Crippen molar-refractivity contribution in [2.45, 2.75) is 25.7 Å². The molecule has 126 valence electrons. The van der Waals surface area contributed by atoms with Crippen LogP contribution >= 0.6 is 0 Å². The molecule has 1 heterocycles. The minimum absolute atomic E-state index is 0.404. The van der Waals surface area contributed by atoms with Crippen molar-refractivity contribution < 1.29 is 14.2 Å². The molecule has 0 radical (unpaired) electrons. The Labute approximate surface area is 137 Å². The third-order valence-electron chi connectivity index (χ3n) is 3.80. The van der Waals surface area contributed by atoms with Crippen molar-refractivity contribution in [1.29, 1.82) is 0 Å². The van der Waals surface area contributed by atoms with Crippen LogP contribution in [0.1, 0.15) is 25.7 Å². The highest BCUT2D eigenvalue weighted by molar-refractivity contribution is 5.92. The van der Waals surface area contributed by atoms with Crippen LogP contribution in [0.25, 0.3) is 0 Å². The van der Waals surface area contributed by atoms with Crippen LogP contribution in [0.4, 0.5) is 5.69 Å². The number of ether oxygens (including phenoxy) is 3. The van der Waals surface area contributed by atoms with Gasteiger partial charge in [0.25, 0.3) is 0 Å². The lowest BCUT2D eigenvalue weighted by atomic mass is 10.3. The van der Waals surface area contributed by atoms with E-state index < -0.39 is 0 Å². The predicted octanol–water partition coefficient (Wildman–Crippen LogP) is 2.39. The average Bonchev–Trinajstić information content (AvgIpc) is 3.37. The van der Waals surface area contributed by atoms with Gasteiger partial charge in [-0.2, -0.15) is 0 Å².